The molecule has 0 amide bonds. The van der Waals surface area contributed by atoms with Gasteiger partial charge >= 0.3 is 0 Å². The summed E-state index contributed by atoms with van der Waals surface area (Å²) in [6, 6.07) is 1.39. The molecule has 1 aliphatic heterocycles. The van der Waals surface area contributed by atoms with Crippen molar-refractivity contribution in [3.05, 3.63) is 0 Å². The van der Waals surface area contributed by atoms with Gasteiger partial charge < -0.3 is 10.1 Å². The van der Waals surface area contributed by atoms with E-state index in [1.807, 2.05) is 0 Å². The van der Waals surface area contributed by atoms with Crippen molar-refractivity contribution >= 4 is 0 Å². The van der Waals surface area contributed by atoms with Gasteiger partial charge in [0, 0.05) is 31.7 Å². The minimum Gasteiger partial charge on any atom is -0.379 e. The number of hydrogen-bond donors (Lipinski definition) is 1. The third-order valence-electron chi connectivity index (χ3n) is 3.85. The summed E-state index contributed by atoms with van der Waals surface area (Å²) in [5, 5.41) is 3.77. The van der Waals surface area contributed by atoms with E-state index in [0.717, 1.165) is 38.3 Å². The SMILES string of the molecule is CC1CCC(NC(C)CN2CCOCC2)C1. The lowest BCUT2D eigenvalue weighted by Gasteiger charge is -2.30. The third-order valence-corrected chi connectivity index (χ3v) is 3.85. The van der Waals surface area contributed by atoms with Gasteiger partial charge in [-0.05, 0) is 32.1 Å². The second kappa shape index (κ2) is 5.99. The summed E-state index contributed by atoms with van der Waals surface area (Å²) in [7, 11) is 0. The van der Waals surface area contributed by atoms with Gasteiger partial charge in [0.05, 0.1) is 13.2 Å². The number of hydrogen-bond acceptors (Lipinski definition) is 3. The van der Waals surface area contributed by atoms with E-state index in [-0.39, 0.29) is 0 Å². The van der Waals surface area contributed by atoms with Crippen LogP contribution in [0, 0.1) is 5.92 Å². The van der Waals surface area contributed by atoms with E-state index in [1.54, 1.807) is 0 Å². The fraction of sp³-hybridized carbons (Fsp3) is 1.00. The van der Waals surface area contributed by atoms with Crippen molar-refractivity contribution in [3.8, 4) is 0 Å². The van der Waals surface area contributed by atoms with Crippen molar-refractivity contribution in [1.82, 2.24) is 10.2 Å². The first-order valence-electron chi connectivity index (χ1n) is 6.80. The molecule has 1 saturated heterocycles. The Hall–Kier alpha value is -0.120. The molecule has 16 heavy (non-hydrogen) atoms. The van der Waals surface area contributed by atoms with Crippen molar-refractivity contribution in [2.75, 3.05) is 32.8 Å². The fourth-order valence-electron chi connectivity index (χ4n) is 2.98. The predicted molar refractivity (Wildman–Crippen MR) is 66.7 cm³/mol. The number of morpholine rings is 1. The van der Waals surface area contributed by atoms with Crippen LogP contribution in [-0.2, 0) is 4.74 Å². The van der Waals surface area contributed by atoms with Crippen LogP contribution in [0.15, 0.2) is 0 Å². The first-order chi connectivity index (χ1) is 7.74. The smallest absolute Gasteiger partial charge is 0.0594 e. The van der Waals surface area contributed by atoms with E-state index in [4.69, 9.17) is 4.74 Å². The molecule has 0 aromatic heterocycles. The van der Waals surface area contributed by atoms with Crippen molar-refractivity contribution in [2.24, 2.45) is 5.92 Å². The zero-order valence-electron chi connectivity index (χ0n) is 10.7. The Labute approximate surface area is 99.5 Å². The minimum absolute atomic E-state index is 0.619. The second-order valence-corrected chi connectivity index (χ2v) is 5.60. The van der Waals surface area contributed by atoms with Gasteiger partial charge in [0.25, 0.3) is 0 Å². The van der Waals surface area contributed by atoms with Crippen molar-refractivity contribution < 1.29 is 4.74 Å². The molecule has 2 rings (SSSR count). The molecule has 0 bridgehead atoms. The van der Waals surface area contributed by atoms with E-state index < -0.39 is 0 Å². The summed E-state index contributed by atoms with van der Waals surface area (Å²) >= 11 is 0. The van der Waals surface area contributed by atoms with E-state index in [9.17, 15) is 0 Å². The maximum atomic E-state index is 5.37. The van der Waals surface area contributed by atoms with Gasteiger partial charge in [-0.1, -0.05) is 6.92 Å². The topological polar surface area (TPSA) is 24.5 Å². The van der Waals surface area contributed by atoms with E-state index in [1.165, 1.54) is 25.8 Å². The Morgan fingerprint density at radius 1 is 1.31 bits per heavy atom. The lowest BCUT2D eigenvalue weighted by atomic mass is 10.1. The van der Waals surface area contributed by atoms with Crippen LogP contribution >= 0.6 is 0 Å². The van der Waals surface area contributed by atoms with Crippen LogP contribution in [0.3, 0.4) is 0 Å². The Morgan fingerprint density at radius 3 is 2.69 bits per heavy atom. The Morgan fingerprint density at radius 2 is 2.06 bits per heavy atom. The lowest BCUT2D eigenvalue weighted by molar-refractivity contribution is 0.0338. The van der Waals surface area contributed by atoms with E-state index in [0.29, 0.717) is 6.04 Å². The Bertz CT molecular complexity index is 197. The standard InChI is InChI=1S/C13H26N2O/c1-11-3-4-13(9-11)14-12(2)10-15-5-7-16-8-6-15/h11-14H,3-10H2,1-2H3. The van der Waals surface area contributed by atoms with Crippen LogP contribution in [0.2, 0.25) is 0 Å². The van der Waals surface area contributed by atoms with Crippen LogP contribution in [0.25, 0.3) is 0 Å². The molecule has 3 heteroatoms. The molecule has 3 nitrogen and oxygen atoms in total. The molecule has 0 aromatic rings. The predicted octanol–water partition coefficient (Wildman–Crippen LogP) is 1.49. The minimum atomic E-state index is 0.619. The zero-order chi connectivity index (χ0) is 11.4. The molecule has 0 radical (unpaired) electrons. The first kappa shape index (κ1) is 12.3. The second-order valence-electron chi connectivity index (χ2n) is 5.60. The first-order valence-corrected chi connectivity index (χ1v) is 6.80. The normalized spacial score (nSPS) is 34.1. The Balaban J connectivity index is 1.65. The highest BCUT2D eigenvalue weighted by Crippen LogP contribution is 2.24. The highest BCUT2D eigenvalue weighted by atomic mass is 16.5. The van der Waals surface area contributed by atoms with Gasteiger partial charge in [-0.2, -0.15) is 0 Å². The third kappa shape index (κ3) is 3.72. The summed E-state index contributed by atoms with van der Waals surface area (Å²) in [6.07, 6.45) is 4.14. The molecule has 3 atom stereocenters. The van der Waals surface area contributed by atoms with E-state index >= 15 is 0 Å². The van der Waals surface area contributed by atoms with Crippen LogP contribution < -0.4 is 5.32 Å². The number of nitrogens with one attached hydrogen (secondary N) is 1. The molecular weight excluding hydrogens is 200 g/mol. The Kier molecular flexibility index (Phi) is 4.62. The number of nitrogens with zero attached hydrogens (tertiary/aromatic N) is 1. The van der Waals surface area contributed by atoms with Gasteiger partial charge in [0.15, 0.2) is 0 Å². The maximum absolute atomic E-state index is 5.37. The van der Waals surface area contributed by atoms with Crippen LogP contribution in [-0.4, -0.2) is 49.8 Å². The van der Waals surface area contributed by atoms with Gasteiger partial charge in [0.1, 0.15) is 0 Å². The molecule has 0 aromatic carbocycles. The largest absolute Gasteiger partial charge is 0.379 e. The monoisotopic (exact) mass is 226 g/mol. The molecule has 0 spiro atoms. The molecule has 1 saturated carbocycles. The summed E-state index contributed by atoms with van der Waals surface area (Å²) in [4.78, 5) is 2.51. The van der Waals surface area contributed by atoms with Gasteiger partial charge in [-0.25, -0.2) is 0 Å². The molecule has 1 N–H and O–H groups in total. The molecule has 1 heterocycles. The fourth-order valence-corrected chi connectivity index (χ4v) is 2.98. The molecular formula is C13H26N2O. The average Bonchev–Trinajstić information content (AvgIpc) is 2.65. The molecule has 94 valence electrons. The van der Waals surface area contributed by atoms with Crippen molar-refractivity contribution in [3.63, 3.8) is 0 Å². The number of rotatable bonds is 4. The maximum Gasteiger partial charge on any atom is 0.0594 e. The molecule has 1 aliphatic carbocycles. The van der Waals surface area contributed by atoms with E-state index in [2.05, 4.69) is 24.1 Å². The van der Waals surface area contributed by atoms with Gasteiger partial charge in [-0.15, -0.1) is 0 Å². The van der Waals surface area contributed by atoms with Crippen LogP contribution in [0.4, 0.5) is 0 Å². The summed E-state index contributed by atoms with van der Waals surface area (Å²) < 4.78 is 5.37. The van der Waals surface area contributed by atoms with Crippen molar-refractivity contribution in [2.45, 2.75) is 45.2 Å². The summed E-state index contributed by atoms with van der Waals surface area (Å²) in [6.45, 7) is 9.89. The average molecular weight is 226 g/mol. The molecule has 3 unspecified atom stereocenters. The quantitative estimate of drug-likeness (QED) is 0.786. The zero-order valence-corrected chi connectivity index (χ0v) is 10.7. The lowest BCUT2D eigenvalue weighted by Crippen LogP contribution is -2.46. The molecule has 2 aliphatic rings. The van der Waals surface area contributed by atoms with Gasteiger partial charge in [0.2, 0.25) is 0 Å². The molecule has 2 fully saturated rings. The summed E-state index contributed by atoms with van der Waals surface area (Å²) in [5.41, 5.74) is 0. The van der Waals surface area contributed by atoms with Crippen molar-refractivity contribution in [1.29, 1.82) is 0 Å². The summed E-state index contributed by atoms with van der Waals surface area (Å²) in [5.74, 6) is 0.924. The highest BCUT2D eigenvalue weighted by Gasteiger charge is 2.23. The number of ether oxygens (including phenoxy) is 1. The van der Waals surface area contributed by atoms with Crippen LogP contribution in [0.1, 0.15) is 33.1 Å². The van der Waals surface area contributed by atoms with Crippen LogP contribution in [0.5, 0.6) is 0 Å². The highest BCUT2D eigenvalue weighted by molar-refractivity contribution is 4.81. The van der Waals surface area contributed by atoms with Gasteiger partial charge in [-0.3, -0.25) is 4.90 Å².